The van der Waals surface area contributed by atoms with Gasteiger partial charge in [-0.05, 0) is 45.0 Å². The first-order valence-corrected chi connectivity index (χ1v) is 6.15. The van der Waals surface area contributed by atoms with Crippen LogP contribution in [0.1, 0.15) is 20.8 Å². The molecule has 0 saturated carbocycles. The zero-order valence-electron chi connectivity index (χ0n) is 11.7. The van der Waals surface area contributed by atoms with Crippen molar-refractivity contribution < 1.29 is 14.3 Å². The van der Waals surface area contributed by atoms with Crippen molar-refractivity contribution in [1.29, 1.82) is 5.26 Å². The number of amides is 2. The molecule has 0 aromatic heterocycles. The zero-order valence-corrected chi connectivity index (χ0v) is 11.7. The molecule has 0 heterocycles. The monoisotopic (exact) mass is 275 g/mol. The number of nitriles is 1. The van der Waals surface area contributed by atoms with Gasteiger partial charge in [0.15, 0.2) is 0 Å². The van der Waals surface area contributed by atoms with Crippen LogP contribution in [-0.2, 0) is 9.53 Å². The number of nitrogens with zero attached hydrogens (tertiary/aromatic N) is 1. The van der Waals surface area contributed by atoms with Gasteiger partial charge in [0.2, 0.25) is 5.91 Å². The molecule has 0 aliphatic carbocycles. The standard InChI is InChI=1S/C14H17N3O3/c1-4-20-13(19)17-11-7-5-10(6-8-11)16-12(18)14(2,3)9-15/h5-8H,4H2,1-3H3,(H,16,18)(H,17,19). The molecule has 1 rings (SSSR count). The first-order chi connectivity index (χ1) is 9.39. The highest BCUT2D eigenvalue weighted by atomic mass is 16.5. The number of benzene rings is 1. The normalized spacial score (nSPS) is 10.3. The van der Waals surface area contributed by atoms with Crippen molar-refractivity contribution in [3.63, 3.8) is 0 Å². The van der Waals surface area contributed by atoms with Crippen molar-refractivity contribution in [2.45, 2.75) is 20.8 Å². The Morgan fingerprint density at radius 2 is 1.70 bits per heavy atom. The second kappa shape index (κ2) is 6.57. The van der Waals surface area contributed by atoms with E-state index < -0.39 is 11.5 Å². The molecule has 6 heteroatoms. The van der Waals surface area contributed by atoms with Crippen molar-refractivity contribution in [1.82, 2.24) is 0 Å². The first kappa shape index (κ1) is 15.5. The van der Waals surface area contributed by atoms with Crippen molar-refractivity contribution in [3.8, 4) is 6.07 Å². The molecule has 106 valence electrons. The van der Waals surface area contributed by atoms with E-state index in [0.29, 0.717) is 18.0 Å². The maximum atomic E-state index is 11.8. The van der Waals surface area contributed by atoms with Gasteiger partial charge in [-0.25, -0.2) is 4.79 Å². The van der Waals surface area contributed by atoms with E-state index in [1.807, 2.05) is 6.07 Å². The van der Waals surface area contributed by atoms with E-state index >= 15 is 0 Å². The molecule has 2 N–H and O–H groups in total. The summed E-state index contributed by atoms with van der Waals surface area (Å²) in [7, 11) is 0. The highest BCUT2D eigenvalue weighted by Gasteiger charge is 2.27. The van der Waals surface area contributed by atoms with Gasteiger partial charge in [-0.15, -0.1) is 0 Å². The van der Waals surface area contributed by atoms with Crippen LogP contribution >= 0.6 is 0 Å². The minimum Gasteiger partial charge on any atom is -0.450 e. The van der Waals surface area contributed by atoms with Gasteiger partial charge in [0.05, 0.1) is 12.7 Å². The number of nitrogens with one attached hydrogen (secondary N) is 2. The van der Waals surface area contributed by atoms with Crippen LogP contribution in [0.2, 0.25) is 0 Å². The average molecular weight is 275 g/mol. The molecule has 0 saturated heterocycles. The van der Waals surface area contributed by atoms with Crippen LogP contribution in [0.4, 0.5) is 16.2 Å². The fourth-order valence-corrected chi connectivity index (χ4v) is 1.26. The van der Waals surface area contributed by atoms with Crippen LogP contribution < -0.4 is 10.6 Å². The first-order valence-electron chi connectivity index (χ1n) is 6.15. The molecule has 6 nitrogen and oxygen atoms in total. The third-order valence-electron chi connectivity index (χ3n) is 2.51. The van der Waals surface area contributed by atoms with Gasteiger partial charge >= 0.3 is 6.09 Å². The summed E-state index contributed by atoms with van der Waals surface area (Å²) in [6.07, 6.45) is -0.533. The van der Waals surface area contributed by atoms with Gasteiger partial charge in [-0.3, -0.25) is 10.1 Å². The van der Waals surface area contributed by atoms with Gasteiger partial charge in [0, 0.05) is 11.4 Å². The van der Waals surface area contributed by atoms with E-state index in [-0.39, 0.29) is 5.91 Å². The number of hydrogen-bond donors (Lipinski definition) is 2. The lowest BCUT2D eigenvalue weighted by Crippen LogP contribution is -2.29. The van der Waals surface area contributed by atoms with Crippen LogP contribution in [0.5, 0.6) is 0 Å². The number of ether oxygens (including phenoxy) is 1. The Morgan fingerprint density at radius 1 is 1.20 bits per heavy atom. The highest BCUT2D eigenvalue weighted by molar-refractivity contribution is 5.96. The zero-order chi connectivity index (χ0) is 15.2. The summed E-state index contributed by atoms with van der Waals surface area (Å²) in [4.78, 5) is 23.0. The minimum atomic E-state index is -1.10. The molecule has 20 heavy (non-hydrogen) atoms. The van der Waals surface area contributed by atoms with Crippen LogP contribution in [0.15, 0.2) is 24.3 Å². The van der Waals surface area contributed by atoms with Gasteiger partial charge in [0.25, 0.3) is 0 Å². The Bertz CT molecular complexity index is 530. The Morgan fingerprint density at radius 3 is 2.15 bits per heavy atom. The van der Waals surface area contributed by atoms with Crippen LogP contribution in [0.25, 0.3) is 0 Å². The lowest BCUT2D eigenvalue weighted by molar-refractivity contribution is -0.121. The van der Waals surface area contributed by atoms with Gasteiger partial charge in [-0.1, -0.05) is 0 Å². The third kappa shape index (κ3) is 4.28. The quantitative estimate of drug-likeness (QED) is 0.883. The molecule has 0 radical (unpaired) electrons. The maximum Gasteiger partial charge on any atom is 0.411 e. The summed E-state index contributed by atoms with van der Waals surface area (Å²) < 4.78 is 4.74. The molecular formula is C14H17N3O3. The predicted molar refractivity (Wildman–Crippen MR) is 75.1 cm³/mol. The van der Waals surface area contributed by atoms with Crippen molar-refractivity contribution >= 4 is 23.4 Å². The van der Waals surface area contributed by atoms with Crippen LogP contribution in [-0.4, -0.2) is 18.6 Å². The summed E-state index contributed by atoms with van der Waals surface area (Å²) >= 11 is 0. The van der Waals surface area contributed by atoms with E-state index in [1.54, 1.807) is 45.0 Å². The Hall–Kier alpha value is -2.55. The molecule has 0 spiro atoms. The average Bonchev–Trinajstić information content (AvgIpc) is 2.41. The molecule has 1 aromatic carbocycles. The van der Waals surface area contributed by atoms with E-state index in [2.05, 4.69) is 10.6 Å². The third-order valence-corrected chi connectivity index (χ3v) is 2.51. The topological polar surface area (TPSA) is 91.2 Å². The van der Waals surface area contributed by atoms with Crippen molar-refractivity contribution in [3.05, 3.63) is 24.3 Å². The summed E-state index contributed by atoms with van der Waals surface area (Å²) in [5, 5.41) is 14.0. The van der Waals surface area contributed by atoms with Crippen molar-refractivity contribution in [2.24, 2.45) is 5.41 Å². The van der Waals surface area contributed by atoms with E-state index in [1.165, 1.54) is 0 Å². The summed E-state index contributed by atoms with van der Waals surface area (Å²) in [5.41, 5.74) is 0.00992. The molecule has 0 unspecified atom stereocenters. The van der Waals surface area contributed by atoms with E-state index in [9.17, 15) is 9.59 Å². The van der Waals surface area contributed by atoms with Crippen LogP contribution in [0, 0.1) is 16.7 Å². The fourth-order valence-electron chi connectivity index (χ4n) is 1.26. The molecule has 0 bridgehead atoms. The lowest BCUT2D eigenvalue weighted by Gasteiger charge is -2.15. The molecule has 0 aliphatic heterocycles. The number of hydrogen-bond acceptors (Lipinski definition) is 4. The number of carbonyl (C=O) groups is 2. The molecule has 0 fully saturated rings. The summed E-state index contributed by atoms with van der Waals surface area (Å²) in [5.74, 6) is -0.383. The summed E-state index contributed by atoms with van der Waals surface area (Å²) in [6, 6.07) is 8.45. The number of carbonyl (C=O) groups excluding carboxylic acids is 2. The van der Waals surface area contributed by atoms with Crippen molar-refractivity contribution in [2.75, 3.05) is 17.2 Å². The fraction of sp³-hybridized carbons (Fsp3) is 0.357. The van der Waals surface area contributed by atoms with Gasteiger partial charge < -0.3 is 10.1 Å². The number of anilines is 2. The Kier molecular flexibility index (Phi) is 5.09. The molecule has 2 amide bonds. The smallest absolute Gasteiger partial charge is 0.411 e. The largest absolute Gasteiger partial charge is 0.450 e. The van der Waals surface area contributed by atoms with E-state index in [4.69, 9.17) is 10.00 Å². The Balaban J connectivity index is 2.66. The molecule has 0 atom stereocenters. The SMILES string of the molecule is CCOC(=O)Nc1ccc(NC(=O)C(C)(C)C#N)cc1. The van der Waals surface area contributed by atoms with Crippen LogP contribution in [0.3, 0.4) is 0 Å². The maximum absolute atomic E-state index is 11.8. The minimum absolute atomic E-state index is 0.295. The second-order valence-electron chi connectivity index (χ2n) is 4.61. The Labute approximate surface area is 117 Å². The van der Waals surface area contributed by atoms with Gasteiger partial charge in [-0.2, -0.15) is 5.26 Å². The predicted octanol–water partition coefficient (Wildman–Crippen LogP) is 2.74. The molecule has 1 aromatic rings. The van der Waals surface area contributed by atoms with Gasteiger partial charge in [0.1, 0.15) is 5.41 Å². The second-order valence-corrected chi connectivity index (χ2v) is 4.61. The van der Waals surface area contributed by atoms with E-state index in [0.717, 1.165) is 0 Å². The highest BCUT2D eigenvalue weighted by Crippen LogP contribution is 2.19. The number of rotatable bonds is 4. The lowest BCUT2D eigenvalue weighted by atomic mass is 9.94. The molecular weight excluding hydrogens is 258 g/mol. The summed E-state index contributed by atoms with van der Waals surface area (Å²) in [6.45, 7) is 5.09. The molecule has 0 aliphatic rings.